The van der Waals surface area contributed by atoms with Gasteiger partial charge in [-0.2, -0.15) is 0 Å². The monoisotopic (exact) mass is 338 g/mol. The van der Waals surface area contributed by atoms with Crippen molar-refractivity contribution in [3.8, 4) is 0 Å². The zero-order valence-corrected chi connectivity index (χ0v) is 13.7. The van der Waals surface area contributed by atoms with Gasteiger partial charge in [0.05, 0.1) is 0 Å². The Morgan fingerprint density at radius 1 is 1.38 bits per heavy atom. The lowest BCUT2D eigenvalue weighted by molar-refractivity contribution is -0.176. The van der Waals surface area contributed by atoms with Crippen LogP contribution in [0.1, 0.15) is 27.2 Å². The molecule has 0 radical (unpaired) electrons. The van der Waals surface area contributed by atoms with E-state index in [-0.39, 0.29) is 30.1 Å². The molecular weight excluding hydrogens is 320 g/mol. The second-order valence-electron chi connectivity index (χ2n) is 5.24. The molecule has 3 atom stereocenters. The molecule has 0 saturated carbocycles. The maximum atomic E-state index is 12.1. The zero-order chi connectivity index (χ0) is 15.1. The van der Waals surface area contributed by atoms with Crippen molar-refractivity contribution in [3.05, 3.63) is 0 Å². The fourth-order valence-electron chi connectivity index (χ4n) is 2.36. The van der Waals surface area contributed by atoms with Gasteiger partial charge in [0.1, 0.15) is 17.5 Å². The van der Waals surface area contributed by atoms with E-state index in [1.54, 1.807) is 6.92 Å². The summed E-state index contributed by atoms with van der Waals surface area (Å²) in [6.45, 7) is 4.94. The minimum atomic E-state index is -0.704. The summed E-state index contributed by atoms with van der Waals surface area (Å²) in [4.78, 5) is 36.3. The van der Waals surface area contributed by atoms with Crippen molar-refractivity contribution < 1.29 is 23.9 Å². The van der Waals surface area contributed by atoms with Gasteiger partial charge in [0.25, 0.3) is 0 Å². The van der Waals surface area contributed by atoms with Crippen LogP contribution < -0.4 is 5.73 Å². The average molecular weight is 339 g/mol. The number of β-lactam (4-membered cyclic amide) rings is 1. The first-order valence-electron chi connectivity index (χ1n) is 6.37. The number of esters is 2. The lowest BCUT2D eigenvalue weighted by Gasteiger charge is -2.41. The summed E-state index contributed by atoms with van der Waals surface area (Å²) in [5.41, 5.74) is 5.72. The number of hydrogen-bond donors (Lipinski definition) is 1. The van der Waals surface area contributed by atoms with Crippen LogP contribution in [0.15, 0.2) is 0 Å². The van der Waals surface area contributed by atoms with Gasteiger partial charge in [-0.25, -0.2) is 4.79 Å². The molecule has 120 valence electrons. The van der Waals surface area contributed by atoms with E-state index >= 15 is 0 Å². The third-order valence-corrected chi connectivity index (χ3v) is 5.01. The van der Waals surface area contributed by atoms with E-state index in [4.69, 9.17) is 15.2 Å². The van der Waals surface area contributed by atoms with E-state index in [1.165, 1.54) is 16.7 Å². The van der Waals surface area contributed by atoms with Gasteiger partial charge in [-0.05, 0) is 13.8 Å². The molecule has 0 aromatic rings. The van der Waals surface area contributed by atoms with Gasteiger partial charge in [-0.3, -0.25) is 9.59 Å². The maximum Gasteiger partial charge on any atom is 0.333 e. The Bertz CT molecular complexity index is 459. The van der Waals surface area contributed by atoms with Crippen molar-refractivity contribution in [1.82, 2.24) is 4.90 Å². The molecular formula is C12H19ClN2O5S. The van der Waals surface area contributed by atoms with Crippen LogP contribution >= 0.6 is 24.2 Å². The second-order valence-corrected chi connectivity index (χ2v) is 7.01. The number of halogens is 1. The Balaban J connectivity index is 0.00000220. The van der Waals surface area contributed by atoms with Crippen molar-refractivity contribution in [3.63, 3.8) is 0 Å². The lowest BCUT2D eigenvalue weighted by Crippen LogP contribution is -2.68. The van der Waals surface area contributed by atoms with E-state index < -0.39 is 35.6 Å². The molecule has 7 nitrogen and oxygen atoms in total. The molecule has 2 rings (SSSR count). The molecule has 2 saturated heterocycles. The van der Waals surface area contributed by atoms with Crippen molar-refractivity contribution in [2.24, 2.45) is 5.73 Å². The van der Waals surface area contributed by atoms with Crippen LogP contribution in [0, 0.1) is 0 Å². The molecule has 1 unspecified atom stereocenters. The van der Waals surface area contributed by atoms with Gasteiger partial charge in [-0.1, -0.05) is 6.92 Å². The Morgan fingerprint density at radius 2 is 2.00 bits per heavy atom. The van der Waals surface area contributed by atoms with Crippen molar-refractivity contribution in [1.29, 1.82) is 0 Å². The number of carbonyl (C=O) groups is 3. The Labute approximate surface area is 133 Å². The van der Waals surface area contributed by atoms with Gasteiger partial charge in [-0.15, -0.1) is 24.2 Å². The number of rotatable bonds is 4. The fourth-order valence-corrected chi connectivity index (χ4v) is 3.92. The van der Waals surface area contributed by atoms with E-state index in [0.717, 1.165) is 0 Å². The number of hydrogen-bond acceptors (Lipinski definition) is 7. The Hall–Kier alpha value is -0.990. The molecule has 0 spiro atoms. The molecule has 0 bridgehead atoms. The predicted molar refractivity (Wildman–Crippen MR) is 78.7 cm³/mol. The first kappa shape index (κ1) is 18.1. The highest BCUT2D eigenvalue weighted by Crippen LogP contribution is 2.50. The highest BCUT2D eigenvalue weighted by atomic mass is 35.5. The smallest absolute Gasteiger partial charge is 0.333 e. The highest BCUT2D eigenvalue weighted by Gasteiger charge is 2.63. The first-order chi connectivity index (χ1) is 9.29. The minimum Gasteiger partial charge on any atom is -0.428 e. The van der Waals surface area contributed by atoms with E-state index in [1.807, 2.05) is 13.8 Å². The number of nitrogens with zero attached hydrogens (tertiary/aromatic N) is 1. The summed E-state index contributed by atoms with van der Waals surface area (Å²) < 4.78 is 9.16. The van der Waals surface area contributed by atoms with E-state index in [0.29, 0.717) is 0 Å². The number of carbonyl (C=O) groups excluding carboxylic acids is 3. The number of fused-ring (bicyclic) bond motifs is 1. The van der Waals surface area contributed by atoms with E-state index in [9.17, 15) is 14.4 Å². The van der Waals surface area contributed by atoms with Crippen LogP contribution in [0.25, 0.3) is 0 Å². The summed E-state index contributed by atoms with van der Waals surface area (Å²) in [6.07, 6.45) is 0.212. The van der Waals surface area contributed by atoms with Gasteiger partial charge < -0.3 is 20.1 Å². The maximum absolute atomic E-state index is 12.1. The normalized spacial score (nSPS) is 29.0. The van der Waals surface area contributed by atoms with Crippen LogP contribution in [0.5, 0.6) is 0 Å². The Kier molecular flexibility index (Phi) is 5.51. The first-order valence-corrected chi connectivity index (χ1v) is 7.25. The third-order valence-electron chi connectivity index (χ3n) is 3.42. The lowest BCUT2D eigenvalue weighted by atomic mass is 9.96. The SMILES string of the molecule is CCC(=O)OCOC(=O)[C@@H]1N2C(=O)C(N)[C@H]2SC1(C)C.Cl. The number of ether oxygens (including phenoxy) is 2. The van der Waals surface area contributed by atoms with Crippen molar-refractivity contribution in [2.75, 3.05) is 6.79 Å². The topological polar surface area (TPSA) is 98.9 Å². The number of amides is 1. The molecule has 2 heterocycles. The number of thioether (sulfide) groups is 1. The molecule has 0 aromatic heterocycles. The molecule has 2 fully saturated rings. The summed E-state index contributed by atoms with van der Waals surface area (Å²) in [6, 6.07) is -1.26. The second kappa shape index (κ2) is 6.41. The van der Waals surface area contributed by atoms with Crippen LogP contribution in [0.3, 0.4) is 0 Å². The summed E-state index contributed by atoms with van der Waals surface area (Å²) in [7, 11) is 0. The number of nitrogens with two attached hydrogens (primary N) is 1. The van der Waals surface area contributed by atoms with Crippen LogP contribution in [0.2, 0.25) is 0 Å². The van der Waals surface area contributed by atoms with Gasteiger partial charge in [0.2, 0.25) is 12.7 Å². The molecule has 2 aliphatic heterocycles. The zero-order valence-electron chi connectivity index (χ0n) is 12.0. The standard InChI is InChI=1S/C12H18N2O5S.ClH/c1-4-6(15)18-5-19-11(17)8-12(2,3)20-10-7(13)9(16)14(8)10;/h7-8,10H,4-5,13H2,1-3H3;1H/t7?,8-,10+;/m0./s1. The van der Waals surface area contributed by atoms with Crippen molar-refractivity contribution >= 4 is 42.0 Å². The average Bonchev–Trinajstić information content (AvgIpc) is 2.66. The van der Waals surface area contributed by atoms with Crippen LogP contribution in [0.4, 0.5) is 0 Å². The Morgan fingerprint density at radius 3 is 2.57 bits per heavy atom. The van der Waals surface area contributed by atoms with E-state index in [2.05, 4.69) is 0 Å². The molecule has 0 aliphatic carbocycles. The van der Waals surface area contributed by atoms with Gasteiger partial charge in [0, 0.05) is 11.2 Å². The summed E-state index contributed by atoms with van der Waals surface area (Å²) in [5.74, 6) is -1.27. The molecule has 2 aliphatic rings. The fraction of sp³-hybridized carbons (Fsp3) is 0.750. The summed E-state index contributed by atoms with van der Waals surface area (Å²) in [5, 5.41) is -0.187. The van der Waals surface area contributed by atoms with Crippen LogP contribution in [-0.4, -0.2) is 51.7 Å². The minimum absolute atomic E-state index is 0. The van der Waals surface area contributed by atoms with Crippen molar-refractivity contribution in [2.45, 2.75) is 49.4 Å². The predicted octanol–water partition coefficient (Wildman–Crippen LogP) is 0.252. The molecule has 9 heteroatoms. The van der Waals surface area contributed by atoms with Gasteiger partial charge >= 0.3 is 11.9 Å². The molecule has 1 amide bonds. The quantitative estimate of drug-likeness (QED) is 0.445. The highest BCUT2D eigenvalue weighted by molar-refractivity contribution is 8.01. The third kappa shape index (κ3) is 3.12. The van der Waals surface area contributed by atoms with Gasteiger partial charge in [0.15, 0.2) is 0 Å². The molecule has 0 aromatic carbocycles. The molecule has 2 N–H and O–H groups in total. The molecule has 21 heavy (non-hydrogen) atoms. The van der Waals surface area contributed by atoms with Crippen LogP contribution in [-0.2, 0) is 23.9 Å². The summed E-state index contributed by atoms with van der Waals surface area (Å²) >= 11 is 1.48. The largest absolute Gasteiger partial charge is 0.428 e.